The Hall–Kier alpha value is -3.66. The van der Waals surface area contributed by atoms with Crippen molar-refractivity contribution in [3.05, 3.63) is 56.5 Å². The number of benzene rings is 2. The number of imide groups is 2. The highest BCUT2D eigenvalue weighted by Crippen LogP contribution is 2.31. The maximum Gasteiger partial charge on any atom is 0.338 e. The lowest BCUT2D eigenvalue weighted by molar-refractivity contribution is -0.205. The Morgan fingerprint density at radius 2 is 0.957 bits per heavy atom. The Balaban J connectivity index is 1.37. The molecule has 246 valence electrons. The summed E-state index contributed by atoms with van der Waals surface area (Å²) in [6.07, 6.45) is -3.45. The van der Waals surface area contributed by atoms with Gasteiger partial charge in [-0.3, -0.25) is 38.6 Å². The minimum atomic E-state index is -1.73. The van der Waals surface area contributed by atoms with Crippen LogP contribution < -0.4 is 9.47 Å². The largest absolute Gasteiger partial charge is 0.435 e. The summed E-state index contributed by atoms with van der Waals surface area (Å²) in [5, 5.41) is 0.749. The lowest BCUT2D eigenvalue weighted by Crippen LogP contribution is -2.62. The normalized spacial score (nSPS) is 17.5. The number of amides is 4. The minimum absolute atomic E-state index is 0.0198. The van der Waals surface area contributed by atoms with E-state index in [1.165, 1.54) is 46.2 Å². The third-order valence-electron chi connectivity index (χ3n) is 6.44. The summed E-state index contributed by atoms with van der Waals surface area (Å²) < 4.78 is 21.4. The van der Waals surface area contributed by atoms with Crippen LogP contribution >= 0.6 is 46.4 Å². The number of esters is 2. The number of hydrogen-bond donors (Lipinski definition) is 0. The zero-order valence-corrected chi connectivity index (χ0v) is 27.3. The molecule has 4 amide bonds. The van der Waals surface area contributed by atoms with Gasteiger partial charge in [-0.2, -0.15) is 0 Å². The smallest absolute Gasteiger partial charge is 0.338 e. The Bertz CT molecular complexity index is 1410. The second-order valence-electron chi connectivity index (χ2n) is 9.95. The summed E-state index contributed by atoms with van der Waals surface area (Å²) in [6.45, 7) is 1.30. The topological polar surface area (TPSA) is 152 Å². The van der Waals surface area contributed by atoms with Crippen molar-refractivity contribution in [3.8, 4) is 11.5 Å². The average molecular weight is 720 g/mol. The lowest BCUT2D eigenvalue weighted by Gasteiger charge is -2.38. The van der Waals surface area contributed by atoms with Crippen LogP contribution in [0.5, 0.6) is 11.5 Å². The molecule has 14 nitrogen and oxygen atoms in total. The number of hydrogen-bond acceptors (Lipinski definition) is 12. The quantitative estimate of drug-likeness (QED) is 0.191. The molecule has 46 heavy (non-hydrogen) atoms. The fraction of sp³-hybridized carbons (Fsp3) is 0.357. The van der Waals surface area contributed by atoms with Crippen LogP contribution in [0.3, 0.4) is 0 Å². The van der Waals surface area contributed by atoms with Crippen molar-refractivity contribution in [1.29, 1.82) is 0 Å². The first-order chi connectivity index (χ1) is 21.7. The average Bonchev–Trinajstić information content (AvgIpc) is 2.93. The van der Waals surface area contributed by atoms with Crippen molar-refractivity contribution in [2.75, 3.05) is 39.3 Å². The standard InChI is InChI=1S/C28H26Cl4N4O10/c1-15(37)43-27(45-21-5-3-17(29)9-19(21)31)35-23(39)11-33(12-24(35)40)7-8-34-13-25(41)36(26(42)14-34)28(44-16(2)38)46-22-6-4-18(30)10-20(22)32/h3-6,9-10,27-28H,7-8,11-14H2,1-2H3. The highest BCUT2D eigenvalue weighted by atomic mass is 35.5. The summed E-state index contributed by atoms with van der Waals surface area (Å²) in [4.78, 5) is 80.1. The first-order valence-corrected chi connectivity index (χ1v) is 15.0. The van der Waals surface area contributed by atoms with E-state index in [0.717, 1.165) is 13.8 Å². The van der Waals surface area contributed by atoms with E-state index in [9.17, 15) is 28.8 Å². The van der Waals surface area contributed by atoms with Gasteiger partial charge in [0, 0.05) is 37.0 Å². The van der Waals surface area contributed by atoms with E-state index in [1.807, 2.05) is 0 Å². The molecule has 2 aromatic carbocycles. The van der Waals surface area contributed by atoms with E-state index in [4.69, 9.17) is 65.4 Å². The van der Waals surface area contributed by atoms with Crippen molar-refractivity contribution in [2.24, 2.45) is 0 Å². The van der Waals surface area contributed by atoms with Gasteiger partial charge in [-0.05, 0) is 36.4 Å². The second kappa shape index (κ2) is 15.3. The molecule has 2 atom stereocenters. The first-order valence-electron chi connectivity index (χ1n) is 13.4. The van der Waals surface area contributed by atoms with Crippen molar-refractivity contribution in [3.63, 3.8) is 0 Å². The number of rotatable bonds is 11. The van der Waals surface area contributed by atoms with E-state index in [2.05, 4.69) is 0 Å². The van der Waals surface area contributed by atoms with Gasteiger partial charge < -0.3 is 18.9 Å². The van der Waals surface area contributed by atoms with E-state index in [1.54, 1.807) is 0 Å². The molecular weight excluding hydrogens is 694 g/mol. The summed E-state index contributed by atoms with van der Waals surface area (Å²) >= 11 is 24.1. The summed E-state index contributed by atoms with van der Waals surface area (Å²) in [7, 11) is 0. The third-order valence-corrected chi connectivity index (χ3v) is 7.50. The van der Waals surface area contributed by atoms with Gasteiger partial charge in [0.2, 0.25) is 23.6 Å². The first kappa shape index (κ1) is 35.2. The molecule has 2 saturated heterocycles. The summed E-state index contributed by atoms with van der Waals surface area (Å²) in [5.41, 5.74) is 0. The fourth-order valence-electron chi connectivity index (χ4n) is 4.43. The molecule has 0 saturated carbocycles. The minimum Gasteiger partial charge on any atom is -0.435 e. The third kappa shape index (κ3) is 8.99. The van der Waals surface area contributed by atoms with Crippen LogP contribution in [0, 0.1) is 0 Å². The molecule has 0 aliphatic carbocycles. The van der Waals surface area contributed by atoms with E-state index in [-0.39, 0.29) is 60.8 Å². The SMILES string of the molecule is CC(=O)OC(Oc1ccc(Cl)cc1Cl)N1C(=O)CN(CCN2CC(=O)N(C(OC(C)=O)Oc3ccc(Cl)cc3Cl)C(=O)C2)CC1=O. The number of halogens is 4. The summed E-state index contributed by atoms with van der Waals surface area (Å²) in [5.74, 6) is -4.51. The van der Waals surface area contributed by atoms with E-state index >= 15 is 0 Å². The number of carbonyl (C=O) groups is 6. The van der Waals surface area contributed by atoms with Gasteiger partial charge in [-0.1, -0.05) is 46.4 Å². The van der Waals surface area contributed by atoms with Crippen molar-refractivity contribution >= 4 is 82.0 Å². The van der Waals surface area contributed by atoms with Crippen molar-refractivity contribution in [1.82, 2.24) is 19.6 Å². The second-order valence-corrected chi connectivity index (χ2v) is 11.6. The van der Waals surface area contributed by atoms with Crippen molar-refractivity contribution < 1.29 is 47.7 Å². The molecule has 4 rings (SSSR count). The molecule has 2 aliphatic rings. The van der Waals surface area contributed by atoms with Gasteiger partial charge in [0.25, 0.3) is 0 Å². The molecule has 0 aromatic heterocycles. The molecular formula is C28H26Cl4N4O10. The molecule has 2 fully saturated rings. The number of ether oxygens (including phenoxy) is 4. The van der Waals surface area contributed by atoms with Crippen LogP contribution in [-0.2, 0) is 38.2 Å². The molecule has 18 heteroatoms. The van der Waals surface area contributed by atoms with Gasteiger partial charge >= 0.3 is 24.8 Å². The Labute approximate surface area is 282 Å². The number of nitrogens with zero attached hydrogens (tertiary/aromatic N) is 4. The zero-order chi connectivity index (χ0) is 33.7. The molecule has 2 aromatic rings. The molecule has 2 unspecified atom stereocenters. The molecule has 0 bridgehead atoms. The van der Waals surface area contributed by atoms with E-state index in [0.29, 0.717) is 19.8 Å². The van der Waals surface area contributed by atoms with Crippen LogP contribution in [0.25, 0.3) is 0 Å². The predicted octanol–water partition coefficient (Wildman–Crippen LogP) is 2.79. The predicted molar refractivity (Wildman–Crippen MR) is 162 cm³/mol. The molecule has 2 heterocycles. The molecule has 0 N–H and O–H groups in total. The summed E-state index contributed by atoms with van der Waals surface area (Å²) in [6, 6.07) is 8.45. The molecule has 2 aliphatic heterocycles. The van der Waals surface area contributed by atoms with Crippen LogP contribution in [0.15, 0.2) is 36.4 Å². The lowest BCUT2D eigenvalue weighted by atomic mass is 10.2. The van der Waals surface area contributed by atoms with E-state index < -0.39 is 48.4 Å². The highest BCUT2D eigenvalue weighted by Gasteiger charge is 2.42. The number of carbonyl (C=O) groups excluding carboxylic acids is 6. The highest BCUT2D eigenvalue weighted by molar-refractivity contribution is 6.36. The van der Waals surface area contributed by atoms with Gasteiger partial charge in [-0.25, -0.2) is 9.80 Å². The van der Waals surface area contributed by atoms with Gasteiger partial charge in [0.1, 0.15) is 11.5 Å². The van der Waals surface area contributed by atoms with Gasteiger partial charge in [-0.15, -0.1) is 0 Å². The zero-order valence-electron chi connectivity index (χ0n) is 24.2. The van der Waals surface area contributed by atoms with Crippen LogP contribution in [0.4, 0.5) is 0 Å². The van der Waals surface area contributed by atoms with Crippen LogP contribution in [0.2, 0.25) is 20.1 Å². The molecule has 0 radical (unpaired) electrons. The Kier molecular flexibility index (Phi) is 11.7. The van der Waals surface area contributed by atoms with Gasteiger partial charge in [0.15, 0.2) is 0 Å². The van der Waals surface area contributed by atoms with Gasteiger partial charge in [0.05, 0.1) is 36.2 Å². The Morgan fingerprint density at radius 3 is 1.24 bits per heavy atom. The monoisotopic (exact) mass is 718 g/mol. The fourth-order valence-corrected chi connectivity index (χ4v) is 5.34. The number of piperazine rings is 2. The Morgan fingerprint density at radius 1 is 0.630 bits per heavy atom. The maximum absolute atomic E-state index is 13.1. The molecule has 0 spiro atoms. The van der Waals surface area contributed by atoms with Crippen LogP contribution in [0.1, 0.15) is 13.8 Å². The van der Waals surface area contributed by atoms with Crippen molar-refractivity contribution in [2.45, 2.75) is 26.7 Å². The maximum atomic E-state index is 13.1. The van der Waals surface area contributed by atoms with Crippen LogP contribution in [-0.4, -0.2) is 107 Å².